The van der Waals surface area contributed by atoms with Crippen LogP contribution >= 0.6 is 0 Å². The Morgan fingerprint density at radius 1 is 1.44 bits per heavy atom. The predicted octanol–water partition coefficient (Wildman–Crippen LogP) is 1.25. The Morgan fingerprint density at radius 2 is 2.11 bits per heavy atom. The highest BCUT2D eigenvalue weighted by Gasteiger charge is 2.45. The number of ketones is 1. The van der Waals surface area contributed by atoms with Crippen molar-refractivity contribution in [1.29, 1.82) is 0 Å². The molecular formula is C13H13NO4. The fourth-order valence-corrected chi connectivity index (χ4v) is 2.02. The Labute approximate surface area is 104 Å². The van der Waals surface area contributed by atoms with Crippen molar-refractivity contribution < 1.29 is 19.8 Å². The maximum absolute atomic E-state index is 11.8. The van der Waals surface area contributed by atoms with E-state index in [9.17, 15) is 19.8 Å². The topological polar surface area (TPSA) is 86.6 Å². The highest BCUT2D eigenvalue weighted by molar-refractivity contribution is 6.05. The Morgan fingerprint density at radius 3 is 2.78 bits per heavy atom. The average Bonchev–Trinajstić information content (AvgIpc) is 2.50. The Balaban J connectivity index is 2.37. The minimum absolute atomic E-state index is 0.322. The molecule has 0 saturated heterocycles. The van der Waals surface area contributed by atoms with E-state index in [4.69, 9.17) is 0 Å². The molecule has 5 nitrogen and oxygen atoms in total. The number of hydrogen-bond donors (Lipinski definition) is 3. The third kappa shape index (κ3) is 2.00. The number of carbonyl (C=O) groups excluding carboxylic acids is 2. The van der Waals surface area contributed by atoms with E-state index in [1.165, 1.54) is 6.92 Å². The van der Waals surface area contributed by atoms with Crippen molar-refractivity contribution in [3.8, 4) is 0 Å². The molecule has 18 heavy (non-hydrogen) atoms. The third-order valence-corrected chi connectivity index (χ3v) is 2.80. The van der Waals surface area contributed by atoms with Crippen LogP contribution in [0.25, 0.3) is 0 Å². The van der Waals surface area contributed by atoms with Crippen LogP contribution in [0, 0.1) is 0 Å². The largest absolute Gasteiger partial charge is 0.512 e. The summed E-state index contributed by atoms with van der Waals surface area (Å²) in [4.78, 5) is 22.6. The lowest BCUT2D eigenvalue weighted by Crippen LogP contribution is -2.34. The van der Waals surface area contributed by atoms with Crippen molar-refractivity contribution in [2.75, 3.05) is 5.32 Å². The van der Waals surface area contributed by atoms with Gasteiger partial charge in [-0.1, -0.05) is 18.2 Å². The molecule has 5 heteroatoms. The summed E-state index contributed by atoms with van der Waals surface area (Å²) in [7, 11) is 0. The summed E-state index contributed by atoms with van der Waals surface area (Å²) in [6, 6.07) is 6.69. The second-order valence-electron chi connectivity index (χ2n) is 4.28. The maximum atomic E-state index is 11.8. The minimum atomic E-state index is -1.83. The molecule has 3 N–H and O–H groups in total. The fraction of sp³-hybridized carbons (Fsp3) is 0.231. The lowest BCUT2D eigenvalue weighted by atomic mass is 9.91. The number of amides is 1. The molecule has 0 spiro atoms. The van der Waals surface area contributed by atoms with Gasteiger partial charge in [0.1, 0.15) is 0 Å². The van der Waals surface area contributed by atoms with Crippen LogP contribution in [0.1, 0.15) is 18.9 Å². The molecule has 0 radical (unpaired) electrons. The van der Waals surface area contributed by atoms with Crippen LogP contribution in [-0.4, -0.2) is 21.9 Å². The second kappa shape index (κ2) is 4.27. The molecule has 1 atom stereocenters. The molecule has 0 aliphatic carbocycles. The molecule has 1 aromatic rings. The fourth-order valence-electron chi connectivity index (χ4n) is 2.02. The summed E-state index contributed by atoms with van der Waals surface area (Å²) in [6.07, 6.45) is 0.668. The molecule has 1 aromatic carbocycles. The molecule has 0 saturated carbocycles. The number of allylic oxidation sites excluding steroid dienone is 1. The third-order valence-electron chi connectivity index (χ3n) is 2.80. The van der Waals surface area contributed by atoms with Gasteiger partial charge in [0, 0.05) is 23.7 Å². The SMILES string of the molecule is CC(=O)/C=C(/O)CC1(O)C(=O)Nc2ccccc21. The van der Waals surface area contributed by atoms with Crippen LogP contribution in [0.5, 0.6) is 0 Å². The van der Waals surface area contributed by atoms with E-state index >= 15 is 0 Å². The number of rotatable bonds is 3. The van der Waals surface area contributed by atoms with Gasteiger partial charge in [0.15, 0.2) is 11.4 Å². The summed E-state index contributed by atoms with van der Waals surface area (Å²) in [5, 5.41) is 22.5. The number of benzene rings is 1. The summed E-state index contributed by atoms with van der Waals surface area (Å²) >= 11 is 0. The molecule has 1 unspecified atom stereocenters. The summed E-state index contributed by atoms with van der Waals surface area (Å²) in [5.41, 5.74) is -0.911. The van der Waals surface area contributed by atoms with Crippen molar-refractivity contribution in [1.82, 2.24) is 0 Å². The summed E-state index contributed by atoms with van der Waals surface area (Å²) in [6.45, 7) is 1.28. The van der Waals surface area contributed by atoms with Crippen molar-refractivity contribution in [2.45, 2.75) is 18.9 Å². The molecule has 94 valence electrons. The van der Waals surface area contributed by atoms with E-state index in [1.807, 2.05) is 0 Å². The first-order chi connectivity index (χ1) is 8.43. The van der Waals surface area contributed by atoms with Gasteiger partial charge in [-0.2, -0.15) is 0 Å². The Kier molecular flexibility index (Phi) is 2.92. The first-order valence-corrected chi connectivity index (χ1v) is 5.47. The van der Waals surface area contributed by atoms with Crippen LogP contribution in [-0.2, 0) is 15.2 Å². The molecule has 0 bridgehead atoms. The molecule has 1 amide bonds. The van der Waals surface area contributed by atoms with Gasteiger partial charge in [0.2, 0.25) is 0 Å². The molecule has 2 rings (SSSR count). The van der Waals surface area contributed by atoms with E-state index in [1.54, 1.807) is 24.3 Å². The van der Waals surface area contributed by atoms with E-state index < -0.39 is 11.5 Å². The first-order valence-electron chi connectivity index (χ1n) is 5.47. The second-order valence-corrected chi connectivity index (χ2v) is 4.28. The zero-order valence-corrected chi connectivity index (χ0v) is 9.80. The first kappa shape index (κ1) is 12.3. The number of aliphatic hydroxyl groups is 2. The van der Waals surface area contributed by atoms with Gasteiger partial charge in [0.05, 0.1) is 5.76 Å². The van der Waals surface area contributed by atoms with Gasteiger partial charge >= 0.3 is 0 Å². The van der Waals surface area contributed by atoms with Gasteiger partial charge in [-0.25, -0.2) is 0 Å². The van der Waals surface area contributed by atoms with E-state index in [-0.39, 0.29) is 18.0 Å². The van der Waals surface area contributed by atoms with E-state index in [0.29, 0.717) is 11.3 Å². The van der Waals surface area contributed by atoms with Crippen LogP contribution < -0.4 is 5.32 Å². The molecule has 1 aliphatic rings. The average molecular weight is 247 g/mol. The van der Waals surface area contributed by atoms with Gasteiger partial charge in [-0.05, 0) is 13.0 Å². The normalized spacial score (nSPS) is 22.6. The van der Waals surface area contributed by atoms with Crippen LogP contribution in [0.4, 0.5) is 5.69 Å². The maximum Gasteiger partial charge on any atom is 0.261 e. The summed E-state index contributed by atoms with van der Waals surface area (Å²) in [5.74, 6) is -1.27. The van der Waals surface area contributed by atoms with Crippen molar-refractivity contribution in [2.24, 2.45) is 0 Å². The lowest BCUT2D eigenvalue weighted by Gasteiger charge is -2.20. The number of carbonyl (C=O) groups is 2. The predicted molar refractivity (Wildman–Crippen MR) is 65.0 cm³/mol. The van der Waals surface area contributed by atoms with Gasteiger partial charge in [0.25, 0.3) is 5.91 Å². The summed E-state index contributed by atoms with van der Waals surface area (Å²) < 4.78 is 0. The van der Waals surface area contributed by atoms with Crippen LogP contribution in [0.2, 0.25) is 0 Å². The monoisotopic (exact) mass is 247 g/mol. The van der Waals surface area contributed by atoms with Crippen LogP contribution in [0.3, 0.4) is 0 Å². The number of anilines is 1. The number of fused-ring (bicyclic) bond motifs is 1. The molecular weight excluding hydrogens is 234 g/mol. The molecule has 1 aliphatic heterocycles. The minimum Gasteiger partial charge on any atom is -0.512 e. The number of nitrogens with one attached hydrogen (secondary N) is 1. The highest BCUT2D eigenvalue weighted by atomic mass is 16.3. The van der Waals surface area contributed by atoms with E-state index in [2.05, 4.69) is 5.32 Å². The zero-order valence-electron chi connectivity index (χ0n) is 9.80. The van der Waals surface area contributed by atoms with Crippen LogP contribution in [0.15, 0.2) is 36.1 Å². The quantitative estimate of drug-likeness (QED) is 0.554. The number of para-hydroxylation sites is 1. The Bertz CT molecular complexity index is 550. The molecule has 0 aromatic heterocycles. The number of hydrogen-bond acceptors (Lipinski definition) is 4. The number of aliphatic hydroxyl groups excluding tert-OH is 1. The van der Waals surface area contributed by atoms with Crippen molar-refractivity contribution in [3.05, 3.63) is 41.7 Å². The lowest BCUT2D eigenvalue weighted by molar-refractivity contribution is -0.134. The van der Waals surface area contributed by atoms with Gasteiger partial charge in [-0.3, -0.25) is 9.59 Å². The highest BCUT2D eigenvalue weighted by Crippen LogP contribution is 2.39. The van der Waals surface area contributed by atoms with E-state index in [0.717, 1.165) is 6.08 Å². The van der Waals surface area contributed by atoms with Gasteiger partial charge < -0.3 is 15.5 Å². The van der Waals surface area contributed by atoms with Crippen molar-refractivity contribution >= 4 is 17.4 Å². The zero-order chi connectivity index (χ0) is 13.3. The smallest absolute Gasteiger partial charge is 0.261 e. The standard InChI is InChI=1S/C13H13NO4/c1-8(15)6-9(16)7-13(18)10-4-2-3-5-11(10)14-12(13)17/h2-6,16,18H,7H2,1H3,(H,14,17)/b9-6+. The molecule has 1 heterocycles. The van der Waals surface area contributed by atoms with Crippen molar-refractivity contribution in [3.63, 3.8) is 0 Å². The molecule has 0 fully saturated rings. The van der Waals surface area contributed by atoms with Gasteiger partial charge in [-0.15, -0.1) is 0 Å². The Hall–Kier alpha value is -2.14.